The molecule has 0 aromatic heterocycles. The van der Waals surface area contributed by atoms with Crippen LogP contribution in [0.4, 0.5) is 4.39 Å². The highest BCUT2D eigenvalue weighted by Crippen LogP contribution is 2.15. The third kappa shape index (κ3) is 4.13. The van der Waals surface area contributed by atoms with Crippen molar-refractivity contribution in [1.29, 1.82) is 0 Å². The summed E-state index contributed by atoms with van der Waals surface area (Å²) in [5, 5.41) is 0. The zero-order chi connectivity index (χ0) is 15.2. The van der Waals surface area contributed by atoms with E-state index in [0.29, 0.717) is 5.56 Å². The summed E-state index contributed by atoms with van der Waals surface area (Å²) in [6.45, 7) is 7.17. The smallest absolute Gasteiger partial charge is 0.127 e. The predicted octanol–water partition coefficient (Wildman–Crippen LogP) is 3.61. The first-order valence-electron chi connectivity index (χ1n) is 7.38. The molecule has 0 heterocycles. The third-order valence-electron chi connectivity index (χ3n) is 3.84. The zero-order valence-electron chi connectivity index (χ0n) is 12.8. The lowest BCUT2D eigenvalue weighted by Crippen LogP contribution is -2.23. The second-order valence-electron chi connectivity index (χ2n) is 5.36. The molecule has 0 aliphatic heterocycles. The van der Waals surface area contributed by atoms with Gasteiger partial charge in [-0.2, -0.15) is 0 Å². The van der Waals surface area contributed by atoms with E-state index in [9.17, 15) is 4.39 Å². The van der Waals surface area contributed by atoms with Crippen LogP contribution < -0.4 is 5.73 Å². The fourth-order valence-corrected chi connectivity index (χ4v) is 2.45. The highest BCUT2D eigenvalue weighted by atomic mass is 19.1. The van der Waals surface area contributed by atoms with Crippen molar-refractivity contribution < 1.29 is 4.39 Å². The number of hydrogen-bond acceptors (Lipinski definition) is 2. The second kappa shape index (κ2) is 7.34. The Morgan fingerprint density at radius 2 is 1.81 bits per heavy atom. The van der Waals surface area contributed by atoms with Crippen LogP contribution in [0.2, 0.25) is 0 Å². The molecule has 2 aromatic carbocycles. The topological polar surface area (TPSA) is 29.3 Å². The summed E-state index contributed by atoms with van der Waals surface area (Å²) in [5.74, 6) is -0.219. The van der Waals surface area contributed by atoms with Crippen molar-refractivity contribution in [3.8, 4) is 0 Å². The summed E-state index contributed by atoms with van der Waals surface area (Å²) >= 11 is 0. The highest BCUT2D eigenvalue weighted by molar-refractivity contribution is 5.27. The first-order chi connectivity index (χ1) is 10.1. The summed E-state index contributed by atoms with van der Waals surface area (Å²) in [6, 6.07) is 13.6. The standard InChI is InChI=1S/C18H23FN2/c1-3-21(13-16-7-5-4-6-14(16)2)12-15-8-9-18(19)17(10-15)11-20/h4-10H,3,11-13,20H2,1-2H3. The Hall–Kier alpha value is -1.71. The average Bonchev–Trinajstić information content (AvgIpc) is 2.50. The molecule has 0 saturated heterocycles. The quantitative estimate of drug-likeness (QED) is 0.879. The molecule has 0 aliphatic carbocycles. The predicted molar refractivity (Wildman–Crippen MR) is 85.3 cm³/mol. The van der Waals surface area contributed by atoms with Gasteiger partial charge in [0.25, 0.3) is 0 Å². The van der Waals surface area contributed by atoms with Gasteiger partial charge in [0.05, 0.1) is 0 Å². The molecule has 0 unspecified atom stereocenters. The van der Waals surface area contributed by atoms with Crippen molar-refractivity contribution in [2.24, 2.45) is 5.73 Å². The first-order valence-corrected chi connectivity index (χ1v) is 7.38. The van der Waals surface area contributed by atoms with Crippen molar-refractivity contribution in [1.82, 2.24) is 4.90 Å². The normalized spacial score (nSPS) is 11.1. The van der Waals surface area contributed by atoms with E-state index in [-0.39, 0.29) is 12.4 Å². The van der Waals surface area contributed by atoms with Crippen molar-refractivity contribution in [2.45, 2.75) is 33.5 Å². The van der Waals surface area contributed by atoms with Crippen molar-refractivity contribution in [3.63, 3.8) is 0 Å². The first kappa shape index (κ1) is 15.7. The van der Waals surface area contributed by atoms with Crippen LogP contribution in [0.3, 0.4) is 0 Å². The number of nitrogens with two attached hydrogens (primary N) is 1. The summed E-state index contributed by atoms with van der Waals surface area (Å²) in [7, 11) is 0. The molecule has 0 atom stereocenters. The summed E-state index contributed by atoms with van der Waals surface area (Å²) in [4.78, 5) is 2.34. The lowest BCUT2D eigenvalue weighted by Gasteiger charge is -2.22. The molecule has 2 nitrogen and oxygen atoms in total. The van der Waals surface area contributed by atoms with Gasteiger partial charge in [-0.15, -0.1) is 0 Å². The van der Waals surface area contributed by atoms with Gasteiger partial charge in [0, 0.05) is 25.2 Å². The van der Waals surface area contributed by atoms with E-state index in [0.717, 1.165) is 25.2 Å². The number of rotatable bonds is 6. The average molecular weight is 286 g/mol. The van der Waals surface area contributed by atoms with Gasteiger partial charge in [-0.05, 0) is 36.2 Å². The van der Waals surface area contributed by atoms with Crippen molar-refractivity contribution in [2.75, 3.05) is 6.54 Å². The van der Waals surface area contributed by atoms with Gasteiger partial charge in [0.15, 0.2) is 0 Å². The minimum absolute atomic E-state index is 0.219. The molecule has 0 spiro atoms. The van der Waals surface area contributed by atoms with E-state index in [1.54, 1.807) is 0 Å². The Morgan fingerprint density at radius 1 is 1.05 bits per heavy atom. The highest BCUT2D eigenvalue weighted by Gasteiger charge is 2.08. The maximum absolute atomic E-state index is 13.5. The van der Waals surface area contributed by atoms with Crippen LogP contribution in [-0.4, -0.2) is 11.4 Å². The zero-order valence-corrected chi connectivity index (χ0v) is 12.8. The Labute approximate surface area is 126 Å². The molecule has 0 aliphatic rings. The third-order valence-corrected chi connectivity index (χ3v) is 3.84. The van der Waals surface area contributed by atoms with Crippen molar-refractivity contribution >= 4 is 0 Å². The molecule has 2 aromatic rings. The molecule has 0 radical (unpaired) electrons. The van der Waals surface area contributed by atoms with Crippen LogP contribution >= 0.6 is 0 Å². The number of hydrogen-bond donors (Lipinski definition) is 1. The molecular weight excluding hydrogens is 263 g/mol. The summed E-state index contributed by atoms with van der Waals surface area (Å²) in [5.41, 5.74) is 9.90. The molecule has 0 bridgehead atoms. The number of nitrogens with zero attached hydrogens (tertiary/aromatic N) is 1. The number of halogens is 1. The van der Waals surface area contributed by atoms with E-state index in [1.165, 1.54) is 17.2 Å². The van der Waals surface area contributed by atoms with Crippen LogP contribution in [-0.2, 0) is 19.6 Å². The van der Waals surface area contributed by atoms with E-state index in [2.05, 4.69) is 43.0 Å². The fraction of sp³-hybridized carbons (Fsp3) is 0.333. The van der Waals surface area contributed by atoms with E-state index < -0.39 is 0 Å². The summed E-state index contributed by atoms with van der Waals surface area (Å²) in [6.07, 6.45) is 0. The Balaban J connectivity index is 2.10. The van der Waals surface area contributed by atoms with Crippen LogP contribution in [0, 0.1) is 12.7 Å². The van der Waals surface area contributed by atoms with Crippen LogP contribution in [0.15, 0.2) is 42.5 Å². The molecule has 0 amide bonds. The van der Waals surface area contributed by atoms with Crippen molar-refractivity contribution in [3.05, 3.63) is 70.5 Å². The fourth-order valence-electron chi connectivity index (χ4n) is 2.45. The van der Waals surface area contributed by atoms with Gasteiger partial charge in [-0.25, -0.2) is 4.39 Å². The maximum atomic E-state index is 13.5. The molecule has 2 rings (SSSR count). The van der Waals surface area contributed by atoms with E-state index in [4.69, 9.17) is 5.73 Å². The molecule has 0 saturated carbocycles. The Morgan fingerprint density at radius 3 is 2.48 bits per heavy atom. The maximum Gasteiger partial charge on any atom is 0.127 e. The summed E-state index contributed by atoms with van der Waals surface area (Å²) < 4.78 is 13.5. The molecular formula is C18H23FN2. The molecule has 21 heavy (non-hydrogen) atoms. The minimum atomic E-state index is -0.219. The Kier molecular flexibility index (Phi) is 5.48. The van der Waals surface area contributed by atoms with Gasteiger partial charge >= 0.3 is 0 Å². The van der Waals surface area contributed by atoms with E-state index >= 15 is 0 Å². The lowest BCUT2D eigenvalue weighted by molar-refractivity contribution is 0.270. The number of benzene rings is 2. The monoisotopic (exact) mass is 286 g/mol. The Bertz CT molecular complexity index is 596. The van der Waals surface area contributed by atoms with Gasteiger partial charge in [0.2, 0.25) is 0 Å². The molecule has 2 N–H and O–H groups in total. The second-order valence-corrected chi connectivity index (χ2v) is 5.36. The minimum Gasteiger partial charge on any atom is -0.326 e. The van der Waals surface area contributed by atoms with Crippen LogP contribution in [0.25, 0.3) is 0 Å². The largest absolute Gasteiger partial charge is 0.326 e. The lowest BCUT2D eigenvalue weighted by atomic mass is 10.1. The van der Waals surface area contributed by atoms with Crippen LogP contribution in [0.5, 0.6) is 0 Å². The van der Waals surface area contributed by atoms with Gasteiger partial charge in [0.1, 0.15) is 5.82 Å². The molecule has 0 fully saturated rings. The van der Waals surface area contributed by atoms with E-state index in [1.807, 2.05) is 12.1 Å². The van der Waals surface area contributed by atoms with Gasteiger partial charge in [-0.1, -0.05) is 43.3 Å². The SMILES string of the molecule is CCN(Cc1ccc(F)c(CN)c1)Cc1ccccc1C. The van der Waals surface area contributed by atoms with Crippen LogP contribution in [0.1, 0.15) is 29.2 Å². The number of aryl methyl sites for hydroxylation is 1. The molecule has 112 valence electrons. The van der Waals surface area contributed by atoms with Gasteiger partial charge in [-0.3, -0.25) is 4.90 Å². The molecule has 3 heteroatoms. The van der Waals surface area contributed by atoms with Gasteiger partial charge < -0.3 is 5.73 Å².